The summed E-state index contributed by atoms with van der Waals surface area (Å²) < 4.78 is 45.8. The lowest BCUT2D eigenvalue weighted by atomic mass is 10.0. The predicted octanol–water partition coefficient (Wildman–Crippen LogP) is 3.92. The quantitative estimate of drug-likeness (QED) is 0.732. The topological polar surface area (TPSA) is 99.9 Å². The van der Waals surface area contributed by atoms with Gasteiger partial charge in [-0.3, -0.25) is 4.79 Å². The van der Waals surface area contributed by atoms with E-state index in [4.69, 9.17) is 21.6 Å². The number of alkyl halides is 3. The van der Waals surface area contributed by atoms with Crippen molar-refractivity contribution in [3.63, 3.8) is 0 Å². The van der Waals surface area contributed by atoms with Gasteiger partial charge in [-0.2, -0.15) is 18.4 Å². The summed E-state index contributed by atoms with van der Waals surface area (Å²) >= 11 is 6.02. The molecule has 1 aliphatic rings. The van der Waals surface area contributed by atoms with E-state index in [1.165, 1.54) is 18.2 Å². The second-order valence-electron chi connectivity index (χ2n) is 6.65. The number of nitrogens with zero attached hydrogens (tertiary/aromatic N) is 3. The Kier molecular flexibility index (Phi) is 6.74. The Labute approximate surface area is 175 Å². The van der Waals surface area contributed by atoms with Crippen LogP contribution in [0.4, 0.5) is 24.8 Å². The van der Waals surface area contributed by atoms with Crippen LogP contribution in [0, 0.1) is 17.2 Å². The fourth-order valence-electron chi connectivity index (χ4n) is 2.91. The van der Waals surface area contributed by atoms with E-state index in [9.17, 15) is 18.0 Å². The first kappa shape index (κ1) is 21.8. The number of nitrogens with one attached hydrogen (secondary N) is 2. The summed E-state index contributed by atoms with van der Waals surface area (Å²) in [6.45, 7) is 1.38. The highest BCUT2D eigenvalue weighted by Gasteiger charge is 2.38. The number of aromatic nitrogens is 2. The van der Waals surface area contributed by atoms with Gasteiger partial charge in [0.1, 0.15) is 0 Å². The standard InChI is InChI=1S/C19H17ClF3N5O2/c20-14-7-12(8-24)1-2-15(14)27-18-26-10-13(16(28-18)19(21,22)23)17(29)25-9-11-3-5-30-6-4-11/h1-2,7,10-11H,3-6,9H2,(H,25,29)(H,26,27,28). The molecular weight excluding hydrogens is 423 g/mol. The van der Waals surface area contributed by atoms with E-state index in [1.807, 2.05) is 6.07 Å². The van der Waals surface area contributed by atoms with Crippen molar-refractivity contribution >= 4 is 29.1 Å². The minimum atomic E-state index is -4.86. The molecule has 0 atom stereocenters. The molecule has 158 valence electrons. The maximum Gasteiger partial charge on any atom is 0.434 e. The number of amides is 1. The Balaban J connectivity index is 1.79. The van der Waals surface area contributed by atoms with E-state index in [1.54, 1.807) is 0 Å². The van der Waals surface area contributed by atoms with Gasteiger partial charge in [0.25, 0.3) is 5.91 Å². The Morgan fingerprint density at radius 3 is 2.70 bits per heavy atom. The monoisotopic (exact) mass is 439 g/mol. The van der Waals surface area contributed by atoms with Gasteiger partial charge in [-0.05, 0) is 37.0 Å². The first-order valence-electron chi connectivity index (χ1n) is 9.05. The maximum atomic E-state index is 13.5. The van der Waals surface area contributed by atoms with E-state index in [0.717, 1.165) is 19.0 Å². The highest BCUT2D eigenvalue weighted by Crippen LogP contribution is 2.32. The minimum Gasteiger partial charge on any atom is -0.381 e. The van der Waals surface area contributed by atoms with Crippen LogP contribution in [0.1, 0.15) is 34.5 Å². The van der Waals surface area contributed by atoms with Crippen LogP contribution in [0.5, 0.6) is 0 Å². The lowest BCUT2D eigenvalue weighted by Gasteiger charge is -2.22. The molecule has 11 heteroatoms. The average molecular weight is 440 g/mol. The van der Waals surface area contributed by atoms with Crippen LogP contribution in [-0.2, 0) is 10.9 Å². The van der Waals surface area contributed by atoms with Crippen molar-refractivity contribution < 1.29 is 22.7 Å². The van der Waals surface area contributed by atoms with Gasteiger partial charge < -0.3 is 15.4 Å². The number of halogens is 4. The molecule has 1 aromatic carbocycles. The van der Waals surface area contributed by atoms with E-state index in [0.29, 0.717) is 18.8 Å². The fourth-order valence-corrected chi connectivity index (χ4v) is 3.14. The van der Waals surface area contributed by atoms with Crippen LogP contribution in [0.15, 0.2) is 24.4 Å². The van der Waals surface area contributed by atoms with Gasteiger partial charge in [0.2, 0.25) is 5.95 Å². The highest BCUT2D eigenvalue weighted by atomic mass is 35.5. The Bertz CT molecular complexity index is 972. The minimum absolute atomic E-state index is 0.115. The van der Waals surface area contributed by atoms with Crippen molar-refractivity contribution in [1.82, 2.24) is 15.3 Å². The normalized spacial score (nSPS) is 14.8. The molecule has 1 aromatic heterocycles. The first-order valence-corrected chi connectivity index (χ1v) is 9.42. The molecule has 2 N–H and O–H groups in total. The number of hydrogen-bond donors (Lipinski definition) is 2. The number of carbonyl (C=O) groups excluding carboxylic acids is 1. The van der Waals surface area contributed by atoms with Gasteiger partial charge >= 0.3 is 6.18 Å². The van der Waals surface area contributed by atoms with Crippen molar-refractivity contribution in [3.05, 3.63) is 46.2 Å². The molecule has 1 fully saturated rings. The van der Waals surface area contributed by atoms with Crippen LogP contribution >= 0.6 is 11.6 Å². The van der Waals surface area contributed by atoms with Crippen molar-refractivity contribution in [1.29, 1.82) is 5.26 Å². The largest absolute Gasteiger partial charge is 0.434 e. The molecule has 2 aromatic rings. The Hall–Kier alpha value is -2.90. The predicted molar refractivity (Wildman–Crippen MR) is 102 cm³/mol. The number of nitriles is 1. The van der Waals surface area contributed by atoms with Gasteiger partial charge in [0, 0.05) is 26.0 Å². The molecule has 3 rings (SSSR count). The second kappa shape index (κ2) is 9.28. The van der Waals surface area contributed by atoms with Crippen LogP contribution < -0.4 is 10.6 Å². The van der Waals surface area contributed by atoms with Crippen LogP contribution in [0.3, 0.4) is 0 Å². The lowest BCUT2D eigenvalue weighted by molar-refractivity contribution is -0.141. The Morgan fingerprint density at radius 2 is 2.07 bits per heavy atom. The van der Waals surface area contributed by atoms with Crippen molar-refractivity contribution in [2.75, 3.05) is 25.1 Å². The molecule has 0 spiro atoms. The summed E-state index contributed by atoms with van der Waals surface area (Å²) in [5.74, 6) is -1.12. The summed E-state index contributed by atoms with van der Waals surface area (Å²) in [5.41, 5.74) is -1.50. The summed E-state index contributed by atoms with van der Waals surface area (Å²) in [4.78, 5) is 19.7. The SMILES string of the molecule is N#Cc1ccc(Nc2ncc(C(=O)NCC3CCOCC3)c(C(F)(F)F)n2)c(Cl)c1. The smallest absolute Gasteiger partial charge is 0.381 e. The van der Waals surface area contributed by atoms with E-state index in [2.05, 4.69) is 20.6 Å². The summed E-state index contributed by atoms with van der Waals surface area (Å²) in [6, 6.07) is 6.12. The molecule has 0 bridgehead atoms. The van der Waals surface area contributed by atoms with E-state index in [-0.39, 0.29) is 29.1 Å². The van der Waals surface area contributed by atoms with Gasteiger partial charge in [0.15, 0.2) is 5.69 Å². The number of anilines is 2. The molecule has 30 heavy (non-hydrogen) atoms. The third kappa shape index (κ3) is 5.37. The zero-order valence-corrected chi connectivity index (χ0v) is 16.3. The molecule has 2 heterocycles. The zero-order chi connectivity index (χ0) is 21.7. The summed E-state index contributed by atoms with van der Waals surface area (Å²) in [7, 11) is 0. The van der Waals surface area contributed by atoms with Gasteiger partial charge in [-0.1, -0.05) is 11.6 Å². The van der Waals surface area contributed by atoms with E-state index < -0.39 is 23.3 Å². The Morgan fingerprint density at radius 1 is 1.33 bits per heavy atom. The van der Waals surface area contributed by atoms with Crippen LogP contribution in [0.25, 0.3) is 0 Å². The van der Waals surface area contributed by atoms with Gasteiger partial charge in [-0.15, -0.1) is 0 Å². The highest BCUT2D eigenvalue weighted by molar-refractivity contribution is 6.33. The van der Waals surface area contributed by atoms with E-state index >= 15 is 0 Å². The molecule has 0 unspecified atom stereocenters. The number of carbonyl (C=O) groups is 1. The second-order valence-corrected chi connectivity index (χ2v) is 7.06. The number of ether oxygens (including phenoxy) is 1. The molecule has 0 saturated carbocycles. The maximum absolute atomic E-state index is 13.5. The molecule has 1 amide bonds. The first-order chi connectivity index (χ1) is 14.3. The zero-order valence-electron chi connectivity index (χ0n) is 15.6. The summed E-state index contributed by atoms with van der Waals surface area (Å²) in [5, 5.41) is 14.1. The lowest BCUT2D eigenvalue weighted by Crippen LogP contribution is -2.33. The van der Waals surface area contributed by atoms with Crippen molar-refractivity contribution in [3.8, 4) is 6.07 Å². The van der Waals surface area contributed by atoms with Crippen molar-refractivity contribution in [2.24, 2.45) is 5.92 Å². The van der Waals surface area contributed by atoms with Gasteiger partial charge in [0.05, 0.1) is 27.9 Å². The summed E-state index contributed by atoms with van der Waals surface area (Å²) in [6.07, 6.45) is -2.57. The molecular formula is C19H17ClF3N5O2. The number of rotatable bonds is 5. The molecule has 1 saturated heterocycles. The number of benzene rings is 1. The molecule has 0 aliphatic carbocycles. The average Bonchev–Trinajstić information content (AvgIpc) is 2.73. The van der Waals surface area contributed by atoms with Gasteiger partial charge in [-0.25, -0.2) is 9.97 Å². The molecule has 7 nitrogen and oxygen atoms in total. The number of hydrogen-bond acceptors (Lipinski definition) is 6. The molecule has 1 aliphatic heterocycles. The third-order valence-corrected chi connectivity index (χ3v) is 4.85. The van der Waals surface area contributed by atoms with Crippen LogP contribution in [-0.4, -0.2) is 35.6 Å². The third-order valence-electron chi connectivity index (χ3n) is 4.54. The van der Waals surface area contributed by atoms with Crippen molar-refractivity contribution in [2.45, 2.75) is 19.0 Å². The molecule has 0 radical (unpaired) electrons. The fraction of sp³-hybridized carbons (Fsp3) is 0.368. The van der Waals surface area contributed by atoms with Crippen LogP contribution in [0.2, 0.25) is 5.02 Å².